The minimum absolute atomic E-state index is 0.0468. The van der Waals surface area contributed by atoms with E-state index in [1.807, 2.05) is 19.9 Å². The summed E-state index contributed by atoms with van der Waals surface area (Å²) in [6.07, 6.45) is 0.181. The van der Waals surface area contributed by atoms with Crippen molar-refractivity contribution in [2.75, 3.05) is 0 Å². The van der Waals surface area contributed by atoms with Gasteiger partial charge in [-0.3, -0.25) is 4.79 Å². The van der Waals surface area contributed by atoms with E-state index >= 15 is 0 Å². The first-order valence-corrected chi connectivity index (χ1v) is 7.80. The number of rotatable bonds is 2. The molecule has 1 heterocycles. The predicted molar refractivity (Wildman–Crippen MR) is 82.2 cm³/mol. The molecule has 1 amide bonds. The number of aliphatic hydroxyl groups excluding tert-OH is 1. The zero-order valence-electron chi connectivity index (χ0n) is 12.2. The van der Waals surface area contributed by atoms with E-state index in [0.717, 1.165) is 4.70 Å². The van der Waals surface area contributed by atoms with E-state index in [-0.39, 0.29) is 29.3 Å². The van der Waals surface area contributed by atoms with Crippen LogP contribution in [0.1, 0.15) is 35.5 Å². The van der Waals surface area contributed by atoms with Crippen LogP contribution >= 0.6 is 11.3 Å². The number of hydrogen-bond donors (Lipinski definition) is 2. The van der Waals surface area contributed by atoms with E-state index in [0.29, 0.717) is 22.2 Å². The Labute approximate surface area is 126 Å². The highest BCUT2D eigenvalue weighted by Gasteiger charge is 2.48. The van der Waals surface area contributed by atoms with E-state index in [2.05, 4.69) is 5.32 Å². The monoisotopic (exact) mass is 307 g/mol. The number of carbonyl (C=O) groups is 1. The van der Waals surface area contributed by atoms with Gasteiger partial charge < -0.3 is 10.4 Å². The summed E-state index contributed by atoms with van der Waals surface area (Å²) in [6.45, 7) is 5.64. The number of fused-ring (bicyclic) bond motifs is 1. The lowest BCUT2D eigenvalue weighted by atomic mass is 9.64. The summed E-state index contributed by atoms with van der Waals surface area (Å²) in [4.78, 5) is 13.0. The Balaban J connectivity index is 1.89. The number of amides is 1. The van der Waals surface area contributed by atoms with Crippen molar-refractivity contribution in [3.63, 3.8) is 0 Å². The Bertz CT molecular complexity index is 722. The second-order valence-electron chi connectivity index (χ2n) is 6.27. The van der Waals surface area contributed by atoms with Gasteiger partial charge in [0.1, 0.15) is 5.82 Å². The van der Waals surface area contributed by atoms with Gasteiger partial charge in [-0.15, -0.1) is 11.3 Å². The lowest BCUT2D eigenvalue weighted by molar-refractivity contribution is -0.0689. The SMILES string of the molecule is Cc1c(C(=O)NC2CC(O)C2(C)C)sc2cccc(F)c12. The van der Waals surface area contributed by atoms with Gasteiger partial charge in [-0.05, 0) is 31.0 Å². The Morgan fingerprint density at radius 3 is 2.76 bits per heavy atom. The topological polar surface area (TPSA) is 49.3 Å². The number of thiophene rings is 1. The second kappa shape index (κ2) is 4.78. The first-order chi connectivity index (χ1) is 9.82. The van der Waals surface area contributed by atoms with Crippen LogP contribution in [-0.4, -0.2) is 23.2 Å². The van der Waals surface area contributed by atoms with Crippen LogP contribution in [-0.2, 0) is 0 Å². The first-order valence-electron chi connectivity index (χ1n) is 6.99. The number of halogens is 1. The van der Waals surface area contributed by atoms with Gasteiger partial charge in [-0.1, -0.05) is 19.9 Å². The molecule has 5 heteroatoms. The standard InChI is InChI=1S/C16H18FNO2S/c1-8-13-9(17)5-4-6-10(13)21-14(8)15(20)18-11-7-12(19)16(11,2)3/h4-6,11-12,19H,7H2,1-3H3,(H,18,20). The Morgan fingerprint density at radius 1 is 1.48 bits per heavy atom. The number of nitrogens with one attached hydrogen (secondary N) is 1. The second-order valence-corrected chi connectivity index (χ2v) is 7.32. The molecule has 3 rings (SSSR count). The minimum Gasteiger partial charge on any atom is -0.392 e. The number of hydrogen-bond acceptors (Lipinski definition) is 3. The Kier molecular flexibility index (Phi) is 3.30. The molecule has 0 spiro atoms. The molecule has 2 atom stereocenters. The van der Waals surface area contributed by atoms with Crippen molar-refractivity contribution < 1.29 is 14.3 Å². The van der Waals surface area contributed by atoms with Crippen molar-refractivity contribution in [2.24, 2.45) is 5.41 Å². The van der Waals surface area contributed by atoms with Crippen molar-refractivity contribution in [1.82, 2.24) is 5.32 Å². The number of aliphatic hydroxyl groups is 1. The molecular formula is C16H18FNO2S. The zero-order valence-corrected chi connectivity index (χ0v) is 13.1. The summed E-state index contributed by atoms with van der Waals surface area (Å²) in [5.41, 5.74) is 0.370. The van der Waals surface area contributed by atoms with E-state index in [1.165, 1.54) is 17.4 Å². The van der Waals surface area contributed by atoms with Crippen LogP contribution in [0.2, 0.25) is 0 Å². The van der Waals surface area contributed by atoms with Crippen LogP contribution in [0.4, 0.5) is 4.39 Å². The molecule has 1 aliphatic rings. The van der Waals surface area contributed by atoms with Gasteiger partial charge in [0.2, 0.25) is 0 Å². The average molecular weight is 307 g/mol. The van der Waals surface area contributed by atoms with Crippen molar-refractivity contribution in [3.8, 4) is 0 Å². The maximum absolute atomic E-state index is 13.9. The molecule has 112 valence electrons. The molecule has 1 aromatic carbocycles. The number of carbonyl (C=O) groups excluding carboxylic acids is 1. The molecule has 0 radical (unpaired) electrons. The summed E-state index contributed by atoms with van der Waals surface area (Å²) >= 11 is 1.31. The van der Waals surface area contributed by atoms with E-state index in [1.54, 1.807) is 13.0 Å². The maximum Gasteiger partial charge on any atom is 0.261 e. The molecular weight excluding hydrogens is 289 g/mol. The highest BCUT2D eigenvalue weighted by Crippen LogP contribution is 2.41. The summed E-state index contributed by atoms with van der Waals surface area (Å²) in [5, 5.41) is 13.2. The molecule has 0 saturated heterocycles. The molecule has 0 bridgehead atoms. The fourth-order valence-corrected chi connectivity index (χ4v) is 3.97. The third kappa shape index (κ3) is 2.15. The van der Waals surface area contributed by atoms with Crippen molar-refractivity contribution in [1.29, 1.82) is 0 Å². The fourth-order valence-electron chi connectivity index (χ4n) is 2.84. The largest absolute Gasteiger partial charge is 0.392 e. The predicted octanol–water partition coefficient (Wildman–Crippen LogP) is 3.24. The van der Waals surface area contributed by atoms with E-state index < -0.39 is 0 Å². The van der Waals surface area contributed by atoms with Crippen molar-refractivity contribution in [3.05, 3.63) is 34.5 Å². The zero-order chi connectivity index (χ0) is 15.4. The van der Waals surface area contributed by atoms with Gasteiger partial charge in [-0.2, -0.15) is 0 Å². The molecule has 2 aromatic rings. The fraction of sp³-hybridized carbons (Fsp3) is 0.438. The van der Waals surface area contributed by atoms with Gasteiger partial charge in [0.25, 0.3) is 5.91 Å². The first kappa shape index (κ1) is 14.5. The lowest BCUT2D eigenvalue weighted by Crippen LogP contribution is -2.61. The summed E-state index contributed by atoms with van der Waals surface area (Å²) in [7, 11) is 0. The normalized spacial score (nSPS) is 23.9. The quantitative estimate of drug-likeness (QED) is 0.895. The van der Waals surface area contributed by atoms with Gasteiger partial charge in [0.05, 0.1) is 11.0 Å². The van der Waals surface area contributed by atoms with Crippen LogP contribution in [0.15, 0.2) is 18.2 Å². The molecule has 1 saturated carbocycles. The number of aryl methyl sites for hydroxylation is 1. The van der Waals surface area contributed by atoms with Crippen LogP contribution in [0, 0.1) is 18.2 Å². The molecule has 21 heavy (non-hydrogen) atoms. The van der Waals surface area contributed by atoms with Crippen molar-refractivity contribution >= 4 is 27.3 Å². The molecule has 1 fully saturated rings. The highest BCUT2D eigenvalue weighted by atomic mass is 32.1. The Morgan fingerprint density at radius 2 is 2.19 bits per heavy atom. The maximum atomic E-state index is 13.9. The summed E-state index contributed by atoms with van der Waals surface area (Å²) in [6, 6.07) is 4.84. The minimum atomic E-state index is -0.385. The van der Waals surface area contributed by atoms with Crippen LogP contribution in [0.25, 0.3) is 10.1 Å². The number of benzene rings is 1. The highest BCUT2D eigenvalue weighted by molar-refractivity contribution is 7.21. The summed E-state index contributed by atoms with van der Waals surface area (Å²) < 4.78 is 14.7. The average Bonchev–Trinajstić information content (AvgIpc) is 2.77. The van der Waals surface area contributed by atoms with Gasteiger partial charge in [-0.25, -0.2) is 4.39 Å². The molecule has 2 unspecified atom stereocenters. The van der Waals surface area contributed by atoms with E-state index in [9.17, 15) is 14.3 Å². The van der Waals surface area contributed by atoms with Crippen LogP contribution < -0.4 is 5.32 Å². The van der Waals surface area contributed by atoms with E-state index in [4.69, 9.17) is 0 Å². The third-order valence-electron chi connectivity index (χ3n) is 4.63. The smallest absolute Gasteiger partial charge is 0.261 e. The van der Waals surface area contributed by atoms with Gasteiger partial charge in [0.15, 0.2) is 0 Å². The van der Waals surface area contributed by atoms with Gasteiger partial charge in [0, 0.05) is 21.5 Å². The molecule has 3 nitrogen and oxygen atoms in total. The lowest BCUT2D eigenvalue weighted by Gasteiger charge is -2.49. The van der Waals surface area contributed by atoms with Gasteiger partial charge >= 0.3 is 0 Å². The van der Waals surface area contributed by atoms with Crippen LogP contribution in [0.5, 0.6) is 0 Å². The van der Waals surface area contributed by atoms with Crippen molar-refractivity contribution in [2.45, 2.75) is 39.3 Å². The third-order valence-corrected chi connectivity index (χ3v) is 5.89. The summed E-state index contributed by atoms with van der Waals surface area (Å²) in [5.74, 6) is -0.474. The molecule has 1 aromatic heterocycles. The molecule has 2 N–H and O–H groups in total. The molecule has 0 aliphatic heterocycles. The molecule has 1 aliphatic carbocycles. The Hall–Kier alpha value is -1.46. The van der Waals surface area contributed by atoms with Crippen LogP contribution in [0.3, 0.4) is 0 Å².